The zero-order chi connectivity index (χ0) is 29.0. The molecule has 0 aromatic carbocycles. The number of carbonyl (C=O) groups excluding carboxylic acids is 4. The summed E-state index contributed by atoms with van der Waals surface area (Å²) in [5, 5.41) is 2.68. The molecule has 0 aromatic heterocycles. The Hall–Kier alpha value is -1.17. The minimum Gasteiger partial charge on any atom is -0.360 e. The molecule has 1 amide bonds. The van der Waals surface area contributed by atoms with E-state index in [4.69, 9.17) is 0 Å². The Kier molecular flexibility index (Phi) is 21.0. The maximum absolute atomic E-state index is 12.8. The number of unbranched alkanes of at least 4 members (excludes halogenated alkanes) is 10. The van der Waals surface area contributed by atoms with Gasteiger partial charge in [-0.25, -0.2) is 0 Å². The van der Waals surface area contributed by atoms with E-state index >= 15 is 0 Å². The summed E-state index contributed by atoms with van der Waals surface area (Å²) in [6.07, 6.45) is 16.7. The molecule has 0 heterocycles. The van der Waals surface area contributed by atoms with E-state index in [0.29, 0.717) is 23.4 Å². The summed E-state index contributed by atoms with van der Waals surface area (Å²) in [5.74, 6) is -0.00543. The lowest BCUT2D eigenvalue weighted by Crippen LogP contribution is -2.37. The standard InChI is InChI=1S/C30H57N2O5P/c1-7-9-10-11-12-13-14-15-16-17-18-19-26(8-2)22-28(34)23-27(31-25(3)33)24-30(36)38(37)29(35)20-21-32(4,5)6/h26-27,37H,7-24H2,1-6H3/p+1. The van der Waals surface area contributed by atoms with Gasteiger partial charge in [-0.2, -0.15) is 0 Å². The Morgan fingerprint density at radius 2 is 1.29 bits per heavy atom. The molecule has 0 rings (SSSR count). The van der Waals surface area contributed by atoms with Gasteiger partial charge < -0.3 is 14.7 Å². The molecule has 0 aliphatic carbocycles. The van der Waals surface area contributed by atoms with E-state index in [1.165, 1.54) is 71.1 Å². The van der Waals surface area contributed by atoms with Gasteiger partial charge in [0.05, 0.1) is 34.1 Å². The second-order valence-electron chi connectivity index (χ2n) is 12.0. The van der Waals surface area contributed by atoms with Crippen LogP contribution in [0.2, 0.25) is 0 Å². The van der Waals surface area contributed by atoms with Gasteiger partial charge >= 0.3 is 0 Å². The second-order valence-corrected chi connectivity index (χ2v) is 13.6. The molecule has 3 atom stereocenters. The summed E-state index contributed by atoms with van der Waals surface area (Å²) in [6.45, 7) is 6.22. The lowest BCUT2D eigenvalue weighted by atomic mass is 9.91. The lowest BCUT2D eigenvalue weighted by molar-refractivity contribution is -0.869. The van der Waals surface area contributed by atoms with Crippen molar-refractivity contribution in [2.24, 2.45) is 5.92 Å². The number of ketones is 1. The minimum absolute atomic E-state index is 0.0186. The van der Waals surface area contributed by atoms with Crippen molar-refractivity contribution < 1.29 is 28.6 Å². The highest BCUT2D eigenvalue weighted by Gasteiger charge is 2.29. The molecule has 0 spiro atoms. The highest BCUT2D eigenvalue weighted by molar-refractivity contribution is 7.84. The number of hydrogen-bond acceptors (Lipinski definition) is 5. The predicted octanol–water partition coefficient (Wildman–Crippen LogP) is 6.50. The Morgan fingerprint density at radius 3 is 1.76 bits per heavy atom. The Labute approximate surface area is 234 Å². The normalized spacial score (nSPS) is 14.1. The van der Waals surface area contributed by atoms with Crippen molar-refractivity contribution in [2.75, 3.05) is 27.7 Å². The summed E-state index contributed by atoms with van der Waals surface area (Å²) in [6, 6.07) is -0.685. The van der Waals surface area contributed by atoms with Gasteiger partial charge in [0.1, 0.15) is 5.78 Å². The van der Waals surface area contributed by atoms with Crippen LogP contribution in [0.25, 0.3) is 0 Å². The average molecular weight is 558 g/mol. The van der Waals surface area contributed by atoms with Crippen molar-refractivity contribution in [3.63, 3.8) is 0 Å². The van der Waals surface area contributed by atoms with Gasteiger partial charge in [-0.15, -0.1) is 0 Å². The van der Waals surface area contributed by atoms with E-state index in [0.717, 1.165) is 19.3 Å². The molecule has 0 aliphatic heterocycles. The van der Waals surface area contributed by atoms with Crippen LogP contribution in [0.5, 0.6) is 0 Å². The number of rotatable bonds is 25. The molecule has 0 fully saturated rings. The zero-order valence-corrected chi connectivity index (χ0v) is 26.3. The molecular weight excluding hydrogens is 499 g/mol. The first kappa shape index (κ1) is 36.8. The first-order valence-electron chi connectivity index (χ1n) is 15.0. The molecule has 0 saturated carbocycles. The minimum atomic E-state index is -2.43. The molecule has 7 nitrogen and oxygen atoms in total. The van der Waals surface area contributed by atoms with E-state index < -0.39 is 25.2 Å². The van der Waals surface area contributed by atoms with Crippen LogP contribution in [-0.4, -0.2) is 65.8 Å². The van der Waals surface area contributed by atoms with Crippen LogP contribution in [0.15, 0.2) is 0 Å². The van der Waals surface area contributed by atoms with Crippen molar-refractivity contribution >= 4 is 30.9 Å². The zero-order valence-electron chi connectivity index (χ0n) is 25.4. The number of amides is 1. The Morgan fingerprint density at radius 1 is 0.763 bits per heavy atom. The lowest BCUT2D eigenvalue weighted by Gasteiger charge is -2.24. The van der Waals surface area contributed by atoms with Gasteiger partial charge in [-0.05, 0) is 5.92 Å². The SMILES string of the molecule is CCCCCCCCCCCCCC(CC)CC(=O)CC(CC(=O)P(O)C(=O)CC[N+](C)(C)C)NC(C)=O. The maximum atomic E-state index is 12.8. The number of nitrogens with one attached hydrogen (secondary N) is 1. The fourth-order valence-corrected chi connectivity index (χ4v) is 5.65. The quantitative estimate of drug-likeness (QED) is 0.0758. The molecule has 8 heteroatoms. The predicted molar refractivity (Wildman–Crippen MR) is 158 cm³/mol. The fourth-order valence-electron chi connectivity index (χ4n) is 4.66. The van der Waals surface area contributed by atoms with Gasteiger partial charge in [-0.3, -0.25) is 19.2 Å². The van der Waals surface area contributed by atoms with E-state index in [2.05, 4.69) is 19.2 Å². The largest absolute Gasteiger partial charge is 0.360 e. The first-order chi connectivity index (χ1) is 17.9. The molecule has 222 valence electrons. The number of Topliss-reactive ketones (excluding diaryl/α,β-unsaturated/α-hetero) is 1. The van der Waals surface area contributed by atoms with E-state index in [-0.39, 0.29) is 31.0 Å². The van der Waals surface area contributed by atoms with E-state index in [1.807, 2.05) is 21.1 Å². The third-order valence-corrected chi connectivity index (χ3v) is 8.43. The highest BCUT2D eigenvalue weighted by atomic mass is 31.1. The third kappa shape index (κ3) is 20.7. The van der Waals surface area contributed by atoms with Crippen LogP contribution >= 0.6 is 8.15 Å². The van der Waals surface area contributed by atoms with Crippen molar-refractivity contribution in [3.05, 3.63) is 0 Å². The van der Waals surface area contributed by atoms with Crippen LogP contribution in [0.1, 0.15) is 130 Å². The van der Waals surface area contributed by atoms with Gasteiger partial charge in [0.2, 0.25) is 5.91 Å². The smallest absolute Gasteiger partial charge is 0.217 e. The molecule has 0 aliphatic rings. The molecule has 2 N–H and O–H groups in total. The van der Waals surface area contributed by atoms with Crippen molar-refractivity contribution in [2.45, 2.75) is 136 Å². The van der Waals surface area contributed by atoms with E-state index in [9.17, 15) is 24.1 Å². The summed E-state index contributed by atoms with van der Waals surface area (Å²) in [5.41, 5.74) is -1.03. The maximum Gasteiger partial charge on any atom is 0.217 e. The molecular formula is C30H58N2O5P+. The summed E-state index contributed by atoms with van der Waals surface area (Å²) in [4.78, 5) is 59.6. The van der Waals surface area contributed by atoms with Crippen LogP contribution in [-0.2, 0) is 19.2 Å². The van der Waals surface area contributed by atoms with Crippen molar-refractivity contribution in [1.29, 1.82) is 0 Å². The highest BCUT2D eigenvalue weighted by Crippen LogP contribution is 2.36. The molecule has 0 aromatic rings. The third-order valence-electron chi connectivity index (χ3n) is 7.08. The van der Waals surface area contributed by atoms with Crippen LogP contribution in [0.4, 0.5) is 0 Å². The average Bonchev–Trinajstić information content (AvgIpc) is 2.83. The monoisotopic (exact) mass is 557 g/mol. The van der Waals surface area contributed by atoms with Gasteiger partial charge in [-0.1, -0.05) is 97.3 Å². The topological polar surface area (TPSA) is 101 Å². The number of nitrogens with zero attached hydrogens (tertiary/aromatic N) is 1. The molecule has 0 radical (unpaired) electrons. The number of quaternary nitrogens is 1. The number of carbonyl (C=O) groups is 4. The van der Waals surface area contributed by atoms with Gasteiger partial charge in [0.15, 0.2) is 19.2 Å². The van der Waals surface area contributed by atoms with Crippen LogP contribution in [0.3, 0.4) is 0 Å². The second kappa shape index (κ2) is 21.6. The van der Waals surface area contributed by atoms with Gasteiger partial charge in [0.25, 0.3) is 0 Å². The van der Waals surface area contributed by atoms with Crippen molar-refractivity contribution in [1.82, 2.24) is 5.32 Å². The van der Waals surface area contributed by atoms with Crippen LogP contribution < -0.4 is 5.32 Å². The number of hydrogen-bond donors (Lipinski definition) is 2. The fraction of sp³-hybridized carbons (Fsp3) is 0.867. The van der Waals surface area contributed by atoms with Crippen molar-refractivity contribution in [3.8, 4) is 0 Å². The van der Waals surface area contributed by atoms with E-state index in [1.54, 1.807) is 0 Å². The summed E-state index contributed by atoms with van der Waals surface area (Å²) >= 11 is 0. The molecule has 0 bridgehead atoms. The Balaban J connectivity index is 4.45. The molecule has 0 saturated heterocycles. The summed E-state index contributed by atoms with van der Waals surface area (Å²) < 4.78 is 0.559. The molecule has 3 unspecified atom stereocenters. The first-order valence-corrected chi connectivity index (χ1v) is 16.3. The Bertz CT molecular complexity index is 693. The van der Waals surface area contributed by atoms with Gasteiger partial charge in [0, 0.05) is 32.2 Å². The summed E-state index contributed by atoms with van der Waals surface area (Å²) in [7, 11) is 3.39. The molecule has 38 heavy (non-hydrogen) atoms. The van der Waals surface area contributed by atoms with Crippen LogP contribution in [0, 0.1) is 5.92 Å².